The van der Waals surface area contributed by atoms with Crippen LogP contribution in [0.1, 0.15) is 11.1 Å². The average molecular weight is 286 g/mol. The maximum atomic E-state index is 13.2. The molecule has 5 heteroatoms. The van der Waals surface area contributed by atoms with Crippen LogP contribution in [0.5, 0.6) is 0 Å². The normalized spacial score (nSPS) is 11.6. The summed E-state index contributed by atoms with van der Waals surface area (Å²) in [6, 6.07) is 5.51. The van der Waals surface area contributed by atoms with Crippen LogP contribution in [0.2, 0.25) is 0 Å². The minimum absolute atomic E-state index is 0.111. The second-order valence-corrected chi connectivity index (χ2v) is 4.77. The lowest BCUT2D eigenvalue weighted by Gasteiger charge is -2.02. The second-order valence-electron chi connectivity index (χ2n) is 4.77. The number of hydrogen-bond acceptors (Lipinski definition) is 1. The Morgan fingerprint density at radius 2 is 1.95 bits per heavy atom. The number of nitrogens with one attached hydrogen (secondary N) is 1. The van der Waals surface area contributed by atoms with Crippen LogP contribution in [0.25, 0.3) is 23.1 Å². The smallest absolute Gasteiger partial charge is 0.274 e. The summed E-state index contributed by atoms with van der Waals surface area (Å²) in [7, 11) is 1.66. The van der Waals surface area contributed by atoms with Crippen LogP contribution < -0.4 is 5.56 Å². The third-order valence-electron chi connectivity index (χ3n) is 3.32. The van der Waals surface area contributed by atoms with Gasteiger partial charge in [-0.25, -0.2) is 8.78 Å². The van der Waals surface area contributed by atoms with E-state index in [4.69, 9.17) is 0 Å². The molecule has 1 N–H and O–H groups in total. The van der Waals surface area contributed by atoms with Crippen molar-refractivity contribution in [2.24, 2.45) is 7.05 Å². The van der Waals surface area contributed by atoms with Crippen molar-refractivity contribution in [1.29, 1.82) is 0 Å². The molecular weight excluding hydrogens is 274 g/mol. The van der Waals surface area contributed by atoms with Crippen LogP contribution >= 0.6 is 0 Å². The SMILES string of the molecule is Cn1cc(/C=C/c2ccc(F)c(F)c2)c2cc[nH]c2c1=O. The molecule has 0 saturated heterocycles. The Labute approximate surface area is 119 Å². The standard InChI is InChI=1S/C16H12F2N2O/c1-20-9-11(12-6-7-19-15(12)16(20)21)4-2-10-3-5-13(17)14(18)8-10/h2-9,19H,1H3/b4-2+. The summed E-state index contributed by atoms with van der Waals surface area (Å²) in [5, 5.41) is 0.789. The summed E-state index contributed by atoms with van der Waals surface area (Å²) in [6.45, 7) is 0. The number of nitrogens with zero attached hydrogens (tertiary/aromatic N) is 1. The molecular formula is C16H12F2N2O. The molecule has 0 saturated carbocycles. The largest absolute Gasteiger partial charge is 0.357 e. The van der Waals surface area contributed by atoms with Gasteiger partial charge in [-0.15, -0.1) is 0 Å². The predicted molar refractivity (Wildman–Crippen MR) is 78.8 cm³/mol. The van der Waals surface area contributed by atoms with E-state index in [1.54, 1.807) is 31.6 Å². The zero-order valence-electron chi connectivity index (χ0n) is 11.2. The fraction of sp³-hybridized carbons (Fsp3) is 0.0625. The number of aryl methyl sites for hydroxylation is 1. The van der Waals surface area contributed by atoms with E-state index in [0.717, 1.165) is 23.1 Å². The highest BCUT2D eigenvalue weighted by molar-refractivity contribution is 5.90. The summed E-state index contributed by atoms with van der Waals surface area (Å²) in [4.78, 5) is 14.8. The number of aromatic amines is 1. The highest BCUT2D eigenvalue weighted by Crippen LogP contribution is 2.18. The van der Waals surface area contributed by atoms with Gasteiger partial charge in [0.05, 0.1) is 0 Å². The van der Waals surface area contributed by atoms with Gasteiger partial charge in [-0.3, -0.25) is 4.79 Å². The number of pyridine rings is 1. The lowest BCUT2D eigenvalue weighted by Crippen LogP contribution is -2.16. The first-order valence-corrected chi connectivity index (χ1v) is 6.36. The van der Waals surface area contributed by atoms with Crippen LogP contribution in [0.4, 0.5) is 8.78 Å². The first-order valence-electron chi connectivity index (χ1n) is 6.36. The molecule has 0 amide bonds. The molecule has 0 aliphatic rings. The molecule has 2 aromatic heterocycles. The van der Waals surface area contributed by atoms with Gasteiger partial charge < -0.3 is 9.55 Å². The molecule has 0 aliphatic heterocycles. The predicted octanol–water partition coefficient (Wildman–Crippen LogP) is 3.32. The Bertz CT molecular complexity index is 906. The molecule has 0 unspecified atom stereocenters. The summed E-state index contributed by atoms with van der Waals surface area (Å²) >= 11 is 0. The van der Waals surface area contributed by atoms with E-state index in [0.29, 0.717) is 11.1 Å². The molecule has 0 spiro atoms. The third-order valence-corrected chi connectivity index (χ3v) is 3.32. The number of rotatable bonds is 2. The summed E-state index contributed by atoms with van der Waals surface area (Å²) in [5.74, 6) is -1.76. The maximum Gasteiger partial charge on any atom is 0.274 e. The molecule has 0 atom stereocenters. The zero-order valence-corrected chi connectivity index (χ0v) is 11.2. The van der Waals surface area contributed by atoms with Crippen LogP contribution in [-0.4, -0.2) is 9.55 Å². The summed E-state index contributed by atoms with van der Waals surface area (Å²) in [6.07, 6.45) is 6.84. The number of fused-ring (bicyclic) bond motifs is 1. The molecule has 1 aromatic carbocycles. The van der Waals surface area contributed by atoms with Gasteiger partial charge in [0.1, 0.15) is 5.52 Å². The van der Waals surface area contributed by atoms with Gasteiger partial charge in [0, 0.05) is 30.4 Å². The molecule has 0 bridgehead atoms. The highest BCUT2D eigenvalue weighted by Gasteiger charge is 2.06. The van der Waals surface area contributed by atoms with Gasteiger partial charge in [-0.2, -0.15) is 0 Å². The van der Waals surface area contributed by atoms with E-state index in [2.05, 4.69) is 4.98 Å². The molecule has 0 radical (unpaired) electrons. The summed E-state index contributed by atoms with van der Waals surface area (Å²) < 4.78 is 27.5. The number of H-pyrrole nitrogens is 1. The van der Waals surface area contributed by atoms with E-state index in [-0.39, 0.29) is 5.56 Å². The van der Waals surface area contributed by atoms with Gasteiger partial charge in [0.25, 0.3) is 5.56 Å². The molecule has 3 nitrogen and oxygen atoms in total. The van der Waals surface area contributed by atoms with Gasteiger partial charge >= 0.3 is 0 Å². The van der Waals surface area contributed by atoms with E-state index < -0.39 is 11.6 Å². The number of aromatic nitrogens is 2. The lowest BCUT2D eigenvalue weighted by molar-refractivity contribution is 0.508. The fourth-order valence-corrected chi connectivity index (χ4v) is 2.23. The van der Waals surface area contributed by atoms with Crippen molar-refractivity contribution in [3.8, 4) is 0 Å². The van der Waals surface area contributed by atoms with E-state index in [9.17, 15) is 13.6 Å². The van der Waals surface area contributed by atoms with Crippen molar-refractivity contribution in [3.63, 3.8) is 0 Å². The van der Waals surface area contributed by atoms with Crippen LogP contribution in [0, 0.1) is 11.6 Å². The van der Waals surface area contributed by atoms with Crippen LogP contribution in [0.3, 0.4) is 0 Å². The first-order chi connectivity index (χ1) is 10.1. The lowest BCUT2D eigenvalue weighted by atomic mass is 10.1. The zero-order chi connectivity index (χ0) is 15.0. The molecule has 0 aliphatic carbocycles. The van der Waals surface area contributed by atoms with Gasteiger partial charge in [-0.1, -0.05) is 18.2 Å². The monoisotopic (exact) mass is 286 g/mol. The van der Waals surface area contributed by atoms with Crippen molar-refractivity contribution >= 4 is 23.1 Å². The topological polar surface area (TPSA) is 37.8 Å². The van der Waals surface area contributed by atoms with Crippen molar-refractivity contribution in [3.05, 3.63) is 69.8 Å². The molecule has 2 heterocycles. The number of hydrogen-bond donors (Lipinski definition) is 1. The average Bonchev–Trinajstić information content (AvgIpc) is 2.95. The minimum atomic E-state index is -0.885. The maximum absolute atomic E-state index is 13.2. The molecule has 3 rings (SSSR count). The first kappa shape index (κ1) is 13.3. The third kappa shape index (κ3) is 2.38. The quantitative estimate of drug-likeness (QED) is 0.771. The Balaban J connectivity index is 2.07. The Kier molecular flexibility index (Phi) is 3.17. The highest BCUT2D eigenvalue weighted by atomic mass is 19.2. The Hall–Kier alpha value is -2.69. The van der Waals surface area contributed by atoms with E-state index >= 15 is 0 Å². The van der Waals surface area contributed by atoms with Crippen LogP contribution in [0.15, 0.2) is 41.5 Å². The van der Waals surface area contributed by atoms with Crippen molar-refractivity contribution < 1.29 is 8.78 Å². The second kappa shape index (κ2) is 5.01. The van der Waals surface area contributed by atoms with E-state index in [1.807, 2.05) is 6.07 Å². The van der Waals surface area contributed by atoms with Crippen LogP contribution in [-0.2, 0) is 7.05 Å². The van der Waals surface area contributed by atoms with E-state index in [1.165, 1.54) is 10.6 Å². The fourth-order valence-electron chi connectivity index (χ4n) is 2.23. The molecule has 21 heavy (non-hydrogen) atoms. The summed E-state index contributed by atoms with van der Waals surface area (Å²) in [5.41, 5.74) is 1.77. The van der Waals surface area contributed by atoms with Gasteiger partial charge in [0.2, 0.25) is 0 Å². The number of benzene rings is 1. The van der Waals surface area contributed by atoms with Crippen molar-refractivity contribution in [1.82, 2.24) is 9.55 Å². The van der Waals surface area contributed by atoms with Crippen molar-refractivity contribution in [2.75, 3.05) is 0 Å². The Morgan fingerprint density at radius 1 is 1.14 bits per heavy atom. The molecule has 106 valence electrons. The number of halogens is 2. The Morgan fingerprint density at radius 3 is 2.71 bits per heavy atom. The van der Waals surface area contributed by atoms with Crippen molar-refractivity contribution in [2.45, 2.75) is 0 Å². The van der Waals surface area contributed by atoms with Gasteiger partial charge in [0.15, 0.2) is 11.6 Å². The minimum Gasteiger partial charge on any atom is -0.357 e. The van der Waals surface area contributed by atoms with Gasteiger partial charge in [-0.05, 0) is 23.8 Å². The molecule has 3 aromatic rings. The molecule has 0 fully saturated rings.